The highest BCUT2D eigenvalue weighted by atomic mass is 16.7. The molecular weight excluding hydrogens is 426 g/mol. The predicted molar refractivity (Wildman–Crippen MR) is 108 cm³/mol. The van der Waals surface area contributed by atoms with Crippen LogP contribution in [0.4, 0.5) is 0 Å². The fourth-order valence-corrected chi connectivity index (χ4v) is 3.68. The smallest absolute Gasteiger partial charge is 0.303 e. The van der Waals surface area contributed by atoms with Gasteiger partial charge in [0, 0.05) is 40.5 Å². The van der Waals surface area contributed by atoms with Crippen LogP contribution in [0.15, 0.2) is 0 Å². The maximum atomic E-state index is 11.8. The Morgan fingerprint density at radius 2 is 1.34 bits per heavy atom. The van der Waals surface area contributed by atoms with E-state index in [0.29, 0.717) is 12.6 Å². The lowest BCUT2D eigenvalue weighted by Gasteiger charge is -2.44. The van der Waals surface area contributed by atoms with Crippen molar-refractivity contribution >= 4 is 23.9 Å². The molecule has 32 heavy (non-hydrogen) atoms. The summed E-state index contributed by atoms with van der Waals surface area (Å²) in [5.74, 6) is -2.57. The van der Waals surface area contributed by atoms with Gasteiger partial charge in [0.05, 0.1) is 26.7 Å². The molecule has 0 amide bonds. The van der Waals surface area contributed by atoms with E-state index in [-0.39, 0.29) is 13.2 Å². The second kappa shape index (κ2) is 11.1. The Morgan fingerprint density at radius 3 is 1.84 bits per heavy atom. The van der Waals surface area contributed by atoms with E-state index in [4.69, 9.17) is 28.4 Å². The topological polar surface area (TPSA) is 124 Å². The van der Waals surface area contributed by atoms with E-state index in [2.05, 4.69) is 14.1 Å². The number of carbonyl (C=O) groups is 4. The van der Waals surface area contributed by atoms with Gasteiger partial charge < -0.3 is 32.9 Å². The zero-order valence-electron chi connectivity index (χ0n) is 19.5. The van der Waals surface area contributed by atoms with Crippen molar-refractivity contribution in [1.82, 2.24) is 0 Å². The molecule has 0 bridgehead atoms. The van der Waals surface area contributed by atoms with Gasteiger partial charge in [-0.3, -0.25) is 19.2 Å². The summed E-state index contributed by atoms with van der Waals surface area (Å²) in [5.41, 5.74) is 0. The number of hydrogen-bond donors (Lipinski definition) is 0. The summed E-state index contributed by atoms with van der Waals surface area (Å²) in [6.07, 6.45) is -3.40. The zero-order valence-corrected chi connectivity index (χ0v) is 19.5. The number of carbonyl (C=O) groups excluding carboxylic acids is 4. The average Bonchev–Trinajstić information content (AvgIpc) is 3.49. The molecule has 0 aromatic rings. The fraction of sp³-hybridized carbons (Fsp3) is 0.810. The van der Waals surface area contributed by atoms with Crippen LogP contribution in [0.1, 0.15) is 40.5 Å². The first-order valence-electron chi connectivity index (χ1n) is 10.7. The minimum absolute atomic E-state index is 0.275. The number of quaternary nitrogens is 1. The Labute approximate surface area is 187 Å². The summed E-state index contributed by atoms with van der Waals surface area (Å²) in [6.45, 7) is 5.45. The van der Waals surface area contributed by atoms with Gasteiger partial charge in [0.1, 0.15) is 19.3 Å². The number of ether oxygens (including phenoxy) is 6. The van der Waals surface area contributed by atoms with Gasteiger partial charge in [0.25, 0.3) is 0 Å². The van der Waals surface area contributed by atoms with Crippen LogP contribution in [0, 0.1) is 0 Å². The third-order valence-electron chi connectivity index (χ3n) is 5.43. The number of nitrogens with zero attached hydrogens (tertiary/aromatic N) is 1. The Kier molecular flexibility index (Phi) is 8.99. The molecule has 182 valence electrons. The molecule has 2 fully saturated rings. The number of rotatable bonds is 10. The van der Waals surface area contributed by atoms with E-state index in [1.165, 1.54) is 27.7 Å². The van der Waals surface area contributed by atoms with E-state index in [1.807, 2.05) is 0 Å². The standard InChI is InChI=1S/C21H34NO10/c1-12(23)28-11-17-18(29-13(2)24)19(30-14(3)25)20(31-15(4)26)21(32-17)27-10-9-22(5,6)16-7-8-16/h16-21H,7-11H2,1-6H3/q+1/t17-,18-,19+,20-,21?/m1/s1. The van der Waals surface area contributed by atoms with Crippen LogP contribution >= 0.6 is 0 Å². The van der Waals surface area contributed by atoms with E-state index in [9.17, 15) is 19.2 Å². The van der Waals surface area contributed by atoms with Crippen LogP contribution < -0.4 is 0 Å². The van der Waals surface area contributed by atoms with Gasteiger partial charge in [-0.05, 0) is 0 Å². The molecule has 5 atom stereocenters. The fourth-order valence-electron chi connectivity index (χ4n) is 3.68. The number of esters is 4. The van der Waals surface area contributed by atoms with Crippen molar-refractivity contribution in [3.05, 3.63) is 0 Å². The second-order valence-electron chi connectivity index (χ2n) is 8.67. The van der Waals surface area contributed by atoms with Crippen molar-refractivity contribution in [3.8, 4) is 0 Å². The third-order valence-corrected chi connectivity index (χ3v) is 5.43. The summed E-state index contributed by atoms with van der Waals surface area (Å²) in [6, 6.07) is 0.578. The molecule has 0 aromatic heterocycles. The van der Waals surface area contributed by atoms with Crippen molar-refractivity contribution < 1.29 is 52.1 Å². The lowest BCUT2D eigenvalue weighted by atomic mass is 9.98. The normalized spacial score (nSPS) is 27.9. The first kappa shape index (κ1) is 26.0. The molecule has 1 unspecified atom stereocenters. The lowest BCUT2D eigenvalue weighted by Crippen LogP contribution is -2.63. The molecule has 1 saturated heterocycles. The molecule has 2 rings (SSSR count). The van der Waals surface area contributed by atoms with E-state index >= 15 is 0 Å². The molecular formula is C21H34NO10+. The molecule has 1 aliphatic heterocycles. The molecule has 0 spiro atoms. The van der Waals surface area contributed by atoms with Crippen molar-refractivity contribution in [2.24, 2.45) is 0 Å². The minimum Gasteiger partial charge on any atom is -0.463 e. The highest BCUT2D eigenvalue weighted by Gasteiger charge is 2.53. The number of likely N-dealkylation sites (N-methyl/N-ethyl adjacent to an activating group) is 1. The van der Waals surface area contributed by atoms with Crippen LogP contribution in [0.5, 0.6) is 0 Å². The molecule has 0 N–H and O–H groups in total. The van der Waals surface area contributed by atoms with Crippen LogP contribution in [-0.2, 0) is 47.6 Å². The first-order valence-corrected chi connectivity index (χ1v) is 10.7. The summed E-state index contributed by atoms with van der Waals surface area (Å²) in [7, 11) is 4.21. The van der Waals surface area contributed by atoms with Gasteiger partial charge >= 0.3 is 23.9 Å². The lowest BCUT2D eigenvalue weighted by molar-refractivity contribution is -0.901. The van der Waals surface area contributed by atoms with Gasteiger partial charge in [-0.25, -0.2) is 0 Å². The van der Waals surface area contributed by atoms with Crippen LogP contribution in [0.25, 0.3) is 0 Å². The zero-order chi connectivity index (χ0) is 24.1. The minimum atomic E-state index is -1.22. The van der Waals surface area contributed by atoms with Crippen molar-refractivity contribution in [2.45, 2.75) is 77.3 Å². The van der Waals surface area contributed by atoms with Crippen LogP contribution in [0.3, 0.4) is 0 Å². The molecule has 0 radical (unpaired) electrons. The molecule has 11 nitrogen and oxygen atoms in total. The predicted octanol–water partition coefficient (Wildman–Crippen LogP) is 0.325. The largest absolute Gasteiger partial charge is 0.463 e. The maximum Gasteiger partial charge on any atom is 0.303 e. The maximum absolute atomic E-state index is 11.8. The molecule has 11 heteroatoms. The highest BCUT2D eigenvalue weighted by Crippen LogP contribution is 2.32. The van der Waals surface area contributed by atoms with E-state index in [1.54, 1.807) is 0 Å². The SMILES string of the molecule is CC(=O)OC[C@H]1OC(OCC[N+](C)(C)C2CC2)[C@H](OC(C)=O)[C@@H](OC(C)=O)[C@@H]1OC(C)=O. The Balaban J connectivity index is 2.26. The average molecular weight is 461 g/mol. The quantitative estimate of drug-likeness (QED) is 0.256. The van der Waals surface area contributed by atoms with Crippen LogP contribution in [-0.4, -0.2) is 99.0 Å². The van der Waals surface area contributed by atoms with Gasteiger partial charge in [-0.15, -0.1) is 0 Å². The number of hydrogen-bond acceptors (Lipinski definition) is 10. The summed E-state index contributed by atoms with van der Waals surface area (Å²) in [5, 5.41) is 0. The van der Waals surface area contributed by atoms with Crippen LogP contribution in [0.2, 0.25) is 0 Å². The van der Waals surface area contributed by atoms with Gasteiger partial charge in [0.2, 0.25) is 0 Å². The van der Waals surface area contributed by atoms with Gasteiger partial charge in [0.15, 0.2) is 24.6 Å². The molecule has 2 aliphatic rings. The first-order chi connectivity index (χ1) is 14.9. The molecule has 1 saturated carbocycles. The summed E-state index contributed by atoms with van der Waals surface area (Å²) < 4.78 is 33.7. The van der Waals surface area contributed by atoms with Crippen molar-refractivity contribution in [3.63, 3.8) is 0 Å². The van der Waals surface area contributed by atoms with Crippen molar-refractivity contribution in [1.29, 1.82) is 0 Å². The Hall–Kier alpha value is -2.24. The second-order valence-corrected chi connectivity index (χ2v) is 8.67. The summed E-state index contributed by atoms with van der Waals surface area (Å²) in [4.78, 5) is 46.7. The van der Waals surface area contributed by atoms with Gasteiger partial charge in [-0.1, -0.05) is 0 Å². The molecule has 1 heterocycles. The third kappa shape index (κ3) is 7.72. The monoisotopic (exact) mass is 460 g/mol. The summed E-state index contributed by atoms with van der Waals surface area (Å²) >= 11 is 0. The molecule has 0 aromatic carbocycles. The molecule has 1 aliphatic carbocycles. The van der Waals surface area contributed by atoms with E-state index < -0.39 is 54.6 Å². The van der Waals surface area contributed by atoms with E-state index in [0.717, 1.165) is 17.3 Å². The Bertz CT molecular complexity index is 705. The van der Waals surface area contributed by atoms with Crippen molar-refractivity contribution in [2.75, 3.05) is 33.9 Å². The van der Waals surface area contributed by atoms with Gasteiger partial charge in [-0.2, -0.15) is 0 Å². The Morgan fingerprint density at radius 1 is 0.812 bits per heavy atom. The highest BCUT2D eigenvalue weighted by molar-refractivity contribution is 5.68.